The second-order valence-corrected chi connectivity index (χ2v) is 12.6. The highest BCUT2D eigenvalue weighted by Crippen LogP contribution is 2.68. The van der Waals surface area contributed by atoms with Gasteiger partial charge >= 0.3 is 17.9 Å². The summed E-state index contributed by atoms with van der Waals surface area (Å²) in [5, 5.41) is 29.6. The monoisotopic (exact) mass is 492 g/mol. The van der Waals surface area contributed by atoms with Crippen LogP contribution in [0.4, 0.5) is 0 Å². The lowest BCUT2D eigenvalue weighted by Crippen LogP contribution is -2.59. The standard InChI is InChI=1S/C28H44O7/c1-16(4-9-24(30)31)20-7-8-21-19-6-5-17-14-18(35-26(34)11-10-25(32)33)12-13-27(17,2)22(19)15-23(29)28(20,21)3/h16-23,29H,4-15H2,1-3H3,(H,30,31)(H,32,33)/t16?,17?,18-,19?,20?,21?,22?,23?,27?,28?/m1/s1. The van der Waals surface area contributed by atoms with Gasteiger partial charge in [0.1, 0.15) is 6.10 Å². The predicted molar refractivity (Wildman–Crippen MR) is 129 cm³/mol. The number of hydrogen-bond acceptors (Lipinski definition) is 5. The minimum Gasteiger partial charge on any atom is -0.481 e. The molecular weight excluding hydrogens is 448 g/mol. The minimum absolute atomic E-state index is 0.0724. The molecule has 0 aromatic carbocycles. The van der Waals surface area contributed by atoms with Crippen molar-refractivity contribution in [2.24, 2.45) is 46.3 Å². The molecule has 7 heteroatoms. The van der Waals surface area contributed by atoms with Gasteiger partial charge in [0.2, 0.25) is 0 Å². The van der Waals surface area contributed by atoms with E-state index >= 15 is 0 Å². The number of rotatable bonds is 8. The maximum absolute atomic E-state index is 12.1. The lowest BCUT2D eigenvalue weighted by atomic mass is 9.43. The minimum atomic E-state index is -0.982. The number of carbonyl (C=O) groups is 3. The first-order valence-electron chi connectivity index (χ1n) is 13.8. The van der Waals surface area contributed by atoms with Gasteiger partial charge in [-0.05, 0) is 104 Å². The molecule has 0 aromatic heterocycles. The van der Waals surface area contributed by atoms with Crippen LogP contribution in [0.5, 0.6) is 0 Å². The third-order valence-corrected chi connectivity index (χ3v) is 11.1. The molecule has 0 amide bonds. The molecule has 0 aromatic rings. The maximum Gasteiger partial charge on any atom is 0.306 e. The molecule has 4 rings (SSSR count). The van der Waals surface area contributed by atoms with Gasteiger partial charge in [-0.15, -0.1) is 0 Å². The number of carboxylic acids is 2. The fraction of sp³-hybridized carbons (Fsp3) is 0.893. The number of carboxylic acid groups (broad SMARTS) is 2. The SMILES string of the molecule is CC(CCC(=O)O)C1CCC2C3CCC4C[C@H](OC(=O)CCC(=O)O)CCC4(C)C3CC(O)C12C. The van der Waals surface area contributed by atoms with Crippen molar-refractivity contribution in [2.45, 2.75) is 110 Å². The molecule has 0 saturated heterocycles. The zero-order valence-electron chi connectivity index (χ0n) is 21.6. The van der Waals surface area contributed by atoms with E-state index in [1.54, 1.807) is 0 Å². The van der Waals surface area contributed by atoms with Crippen molar-refractivity contribution in [3.8, 4) is 0 Å². The Morgan fingerprint density at radius 2 is 1.63 bits per heavy atom. The van der Waals surface area contributed by atoms with E-state index in [0.29, 0.717) is 41.9 Å². The first-order valence-corrected chi connectivity index (χ1v) is 13.8. The van der Waals surface area contributed by atoms with Crippen LogP contribution in [-0.4, -0.2) is 45.4 Å². The fourth-order valence-electron chi connectivity index (χ4n) is 9.26. The highest BCUT2D eigenvalue weighted by Gasteiger charge is 2.63. The van der Waals surface area contributed by atoms with E-state index in [1.807, 2.05) is 0 Å². The highest BCUT2D eigenvalue weighted by atomic mass is 16.5. The lowest BCUT2D eigenvalue weighted by molar-refractivity contribution is -0.182. The smallest absolute Gasteiger partial charge is 0.306 e. The van der Waals surface area contributed by atoms with Crippen LogP contribution >= 0.6 is 0 Å². The number of aliphatic hydroxyl groups excluding tert-OH is 1. The van der Waals surface area contributed by atoms with Crippen molar-refractivity contribution in [1.82, 2.24) is 0 Å². The second-order valence-electron chi connectivity index (χ2n) is 12.6. The molecule has 35 heavy (non-hydrogen) atoms. The molecule has 0 bridgehead atoms. The van der Waals surface area contributed by atoms with Crippen molar-refractivity contribution in [2.75, 3.05) is 0 Å². The normalized spacial score (nSPS) is 43.4. The van der Waals surface area contributed by atoms with Gasteiger partial charge in [-0.2, -0.15) is 0 Å². The van der Waals surface area contributed by atoms with Gasteiger partial charge in [0.05, 0.1) is 18.9 Å². The zero-order valence-corrected chi connectivity index (χ0v) is 21.6. The summed E-state index contributed by atoms with van der Waals surface area (Å²) in [6.45, 7) is 6.86. The van der Waals surface area contributed by atoms with Gasteiger partial charge in [0, 0.05) is 6.42 Å². The third-order valence-electron chi connectivity index (χ3n) is 11.1. The molecule has 3 N–H and O–H groups in total. The Labute approximate surface area is 209 Å². The number of carbonyl (C=O) groups excluding carboxylic acids is 1. The van der Waals surface area contributed by atoms with Gasteiger partial charge in [-0.3, -0.25) is 14.4 Å². The van der Waals surface area contributed by atoms with Crippen molar-refractivity contribution in [3.05, 3.63) is 0 Å². The molecule has 4 aliphatic rings. The van der Waals surface area contributed by atoms with Crippen LogP contribution in [0.15, 0.2) is 0 Å². The van der Waals surface area contributed by atoms with Gasteiger partial charge in [0.25, 0.3) is 0 Å². The van der Waals surface area contributed by atoms with E-state index in [9.17, 15) is 19.5 Å². The van der Waals surface area contributed by atoms with Crippen LogP contribution in [0, 0.1) is 46.3 Å². The van der Waals surface area contributed by atoms with E-state index in [0.717, 1.165) is 51.4 Å². The summed E-state index contributed by atoms with van der Waals surface area (Å²) < 4.78 is 5.67. The summed E-state index contributed by atoms with van der Waals surface area (Å²) in [6, 6.07) is 0. The quantitative estimate of drug-likeness (QED) is 0.412. The molecule has 4 aliphatic carbocycles. The molecule has 9 unspecified atom stereocenters. The van der Waals surface area contributed by atoms with Crippen molar-refractivity contribution in [1.29, 1.82) is 0 Å². The van der Waals surface area contributed by atoms with Crippen LogP contribution in [0.3, 0.4) is 0 Å². The van der Waals surface area contributed by atoms with Crippen LogP contribution in [0.1, 0.15) is 97.8 Å². The number of hydrogen-bond donors (Lipinski definition) is 3. The van der Waals surface area contributed by atoms with E-state index in [4.69, 9.17) is 14.9 Å². The molecular formula is C28H44O7. The van der Waals surface area contributed by atoms with E-state index in [1.165, 1.54) is 0 Å². The van der Waals surface area contributed by atoms with E-state index in [-0.39, 0.29) is 42.3 Å². The van der Waals surface area contributed by atoms with E-state index in [2.05, 4.69) is 20.8 Å². The first-order chi connectivity index (χ1) is 16.5. The highest BCUT2D eigenvalue weighted by molar-refractivity contribution is 5.76. The second kappa shape index (κ2) is 10.0. The largest absolute Gasteiger partial charge is 0.481 e. The zero-order chi connectivity index (χ0) is 25.5. The number of fused-ring (bicyclic) bond motifs is 5. The molecule has 0 spiro atoms. The first kappa shape index (κ1) is 26.4. The number of esters is 1. The number of aliphatic carboxylic acids is 2. The average molecular weight is 493 g/mol. The van der Waals surface area contributed by atoms with Crippen molar-refractivity contribution in [3.63, 3.8) is 0 Å². The van der Waals surface area contributed by atoms with Crippen molar-refractivity contribution < 1.29 is 34.4 Å². The summed E-state index contributed by atoms with van der Waals surface area (Å²) in [4.78, 5) is 34.0. The Kier molecular flexibility index (Phi) is 7.57. The predicted octanol–water partition coefficient (Wildman–Crippen LogP) is 4.89. The Morgan fingerprint density at radius 3 is 2.31 bits per heavy atom. The molecule has 0 radical (unpaired) electrons. The molecule has 0 heterocycles. The summed E-state index contributed by atoms with van der Waals surface area (Å²) in [5.41, 5.74) is -0.0125. The molecule has 0 aliphatic heterocycles. The van der Waals surface area contributed by atoms with Crippen LogP contribution < -0.4 is 0 Å². The van der Waals surface area contributed by atoms with Gasteiger partial charge in [-0.1, -0.05) is 20.8 Å². The molecule has 10 atom stereocenters. The summed E-state index contributed by atoms with van der Waals surface area (Å²) in [6.07, 6.45) is 8.02. The lowest BCUT2D eigenvalue weighted by Gasteiger charge is -2.62. The third kappa shape index (κ3) is 4.86. The molecule has 198 valence electrons. The molecule has 4 saturated carbocycles. The Bertz CT molecular complexity index is 826. The van der Waals surface area contributed by atoms with Crippen LogP contribution in [-0.2, 0) is 19.1 Å². The Morgan fingerprint density at radius 1 is 0.914 bits per heavy atom. The summed E-state index contributed by atoms with van der Waals surface area (Å²) >= 11 is 0. The fourth-order valence-corrected chi connectivity index (χ4v) is 9.26. The number of ether oxygens (including phenoxy) is 1. The van der Waals surface area contributed by atoms with Crippen LogP contribution in [0.2, 0.25) is 0 Å². The Hall–Kier alpha value is -1.63. The van der Waals surface area contributed by atoms with Gasteiger partial charge in [-0.25, -0.2) is 0 Å². The van der Waals surface area contributed by atoms with E-state index < -0.39 is 17.9 Å². The summed E-state index contributed by atoms with van der Waals surface area (Å²) in [5.74, 6) is 0.533. The van der Waals surface area contributed by atoms with Crippen molar-refractivity contribution >= 4 is 17.9 Å². The van der Waals surface area contributed by atoms with Gasteiger partial charge in [0.15, 0.2) is 0 Å². The van der Waals surface area contributed by atoms with Gasteiger partial charge < -0.3 is 20.1 Å². The van der Waals surface area contributed by atoms with Crippen LogP contribution in [0.25, 0.3) is 0 Å². The average Bonchev–Trinajstić information content (AvgIpc) is 3.16. The summed E-state index contributed by atoms with van der Waals surface area (Å²) in [7, 11) is 0. The Balaban J connectivity index is 1.43. The molecule has 7 nitrogen and oxygen atoms in total. The maximum atomic E-state index is 12.1. The molecule has 4 fully saturated rings. The topological polar surface area (TPSA) is 121 Å². The number of aliphatic hydroxyl groups is 1.